The number of carboxylic acid groups (broad SMARTS) is 1. The third-order valence-electron chi connectivity index (χ3n) is 3.23. The van der Waals surface area contributed by atoms with E-state index in [-0.39, 0.29) is 24.8 Å². The minimum absolute atomic E-state index is 0.0430. The second-order valence-corrected chi connectivity index (χ2v) is 5.15. The lowest BCUT2D eigenvalue weighted by Crippen LogP contribution is -2.47. The Labute approximate surface area is 111 Å². The highest BCUT2D eigenvalue weighted by Gasteiger charge is 2.37. The molecule has 2 rings (SSSR count). The van der Waals surface area contributed by atoms with Crippen LogP contribution in [0.5, 0.6) is 0 Å². The number of carboxylic acids is 1. The molecular formula is C12H19N3O4. The van der Waals surface area contributed by atoms with Crippen molar-refractivity contribution in [1.29, 1.82) is 0 Å². The van der Waals surface area contributed by atoms with Crippen molar-refractivity contribution in [3.63, 3.8) is 0 Å². The second-order valence-electron chi connectivity index (χ2n) is 5.15. The summed E-state index contributed by atoms with van der Waals surface area (Å²) >= 11 is 0. The summed E-state index contributed by atoms with van der Waals surface area (Å²) in [5.74, 6) is -1.05. The Morgan fingerprint density at radius 2 is 1.84 bits per heavy atom. The maximum absolute atomic E-state index is 11.5. The molecule has 0 bridgehead atoms. The maximum atomic E-state index is 11.5. The first kappa shape index (κ1) is 13.6. The third kappa shape index (κ3) is 4.76. The topological polar surface area (TPSA) is 108 Å². The van der Waals surface area contributed by atoms with Crippen molar-refractivity contribution in [1.82, 2.24) is 16.0 Å². The van der Waals surface area contributed by atoms with Gasteiger partial charge in [0.15, 0.2) is 0 Å². The maximum Gasteiger partial charge on any atom is 0.326 e. The number of hydrogen-bond donors (Lipinski definition) is 4. The Kier molecular flexibility index (Phi) is 4.24. The molecule has 2 saturated carbocycles. The van der Waals surface area contributed by atoms with Crippen LogP contribution in [0.2, 0.25) is 0 Å². The monoisotopic (exact) mass is 269 g/mol. The summed E-state index contributed by atoms with van der Waals surface area (Å²) in [6.45, 7) is 0.210. The molecule has 0 aromatic rings. The van der Waals surface area contributed by atoms with E-state index in [0.717, 1.165) is 25.7 Å². The van der Waals surface area contributed by atoms with E-state index in [1.165, 1.54) is 0 Å². The van der Waals surface area contributed by atoms with E-state index in [0.29, 0.717) is 6.04 Å². The molecule has 0 saturated heterocycles. The largest absolute Gasteiger partial charge is 0.480 e. The van der Waals surface area contributed by atoms with E-state index in [9.17, 15) is 14.4 Å². The molecule has 2 fully saturated rings. The Balaban J connectivity index is 1.60. The van der Waals surface area contributed by atoms with Gasteiger partial charge in [0.25, 0.3) is 0 Å². The Hall–Kier alpha value is -1.79. The van der Waals surface area contributed by atoms with Gasteiger partial charge >= 0.3 is 12.0 Å². The quantitative estimate of drug-likeness (QED) is 0.514. The fourth-order valence-electron chi connectivity index (χ4n) is 1.82. The van der Waals surface area contributed by atoms with Gasteiger partial charge in [-0.25, -0.2) is 9.59 Å². The van der Waals surface area contributed by atoms with Gasteiger partial charge in [-0.1, -0.05) is 0 Å². The van der Waals surface area contributed by atoms with Crippen molar-refractivity contribution in [2.75, 3.05) is 6.54 Å². The van der Waals surface area contributed by atoms with Crippen LogP contribution in [0, 0.1) is 5.92 Å². The van der Waals surface area contributed by atoms with Gasteiger partial charge in [0.05, 0.1) is 0 Å². The van der Waals surface area contributed by atoms with E-state index in [4.69, 9.17) is 5.11 Å². The summed E-state index contributed by atoms with van der Waals surface area (Å²) in [4.78, 5) is 33.8. The molecule has 19 heavy (non-hydrogen) atoms. The normalized spacial score (nSPS) is 19.4. The van der Waals surface area contributed by atoms with Gasteiger partial charge in [-0.2, -0.15) is 0 Å². The smallest absolute Gasteiger partial charge is 0.326 e. The molecule has 4 N–H and O–H groups in total. The highest BCUT2D eigenvalue weighted by Crippen LogP contribution is 2.32. The number of carbonyl (C=O) groups excluding carboxylic acids is 2. The fraction of sp³-hybridized carbons (Fsp3) is 0.750. The molecule has 2 aliphatic carbocycles. The standard InChI is InChI=1S/C12H19N3O4/c16-9(14-8-3-4-8)5-6-13-12(19)15-10(11(17)18)7-1-2-7/h7-8,10H,1-6H2,(H,14,16)(H,17,18)(H2,13,15,19). The van der Waals surface area contributed by atoms with Crippen molar-refractivity contribution in [3.05, 3.63) is 0 Å². The van der Waals surface area contributed by atoms with E-state index >= 15 is 0 Å². The van der Waals surface area contributed by atoms with Crippen LogP contribution in [0.3, 0.4) is 0 Å². The zero-order valence-corrected chi connectivity index (χ0v) is 10.6. The summed E-state index contributed by atoms with van der Waals surface area (Å²) in [5, 5.41) is 16.7. The molecule has 0 aromatic heterocycles. The summed E-state index contributed by atoms with van der Waals surface area (Å²) in [6.07, 6.45) is 3.94. The summed E-state index contributed by atoms with van der Waals surface area (Å²) in [7, 11) is 0. The molecule has 3 amide bonds. The zero-order chi connectivity index (χ0) is 13.8. The lowest BCUT2D eigenvalue weighted by Gasteiger charge is -2.14. The van der Waals surface area contributed by atoms with Crippen LogP contribution in [0.4, 0.5) is 4.79 Å². The molecule has 2 aliphatic rings. The zero-order valence-electron chi connectivity index (χ0n) is 10.6. The lowest BCUT2D eigenvalue weighted by molar-refractivity contribution is -0.139. The average Bonchev–Trinajstić information content (AvgIpc) is 3.19. The number of urea groups is 1. The van der Waals surface area contributed by atoms with Crippen molar-refractivity contribution >= 4 is 17.9 Å². The van der Waals surface area contributed by atoms with Crippen molar-refractivity contribution in [2.45, 2.75) is 44.2 Å². The molecule has 1 unspecified atom stereocenters. The van der Waals surface area contributed by atoms with Crippen LogP contribution < -0.4 is 16.0 Å². The van der Waals surface area contributed by atoms with Gasteiger partial charge in [-0.3, -0.25) is 4.79 Å². The highest BCUT2D eigenvalue weighted by molar-refractivity contribution is 5.83. The molecule has 0 heterocycles. The summed E-state index contributed by atoms with van der Waals surface area (Å²) in [6, 6.07) is -1.04. The minimum Gasteiger partial charge on any atom is -0.480 e. The second kappa shape index (κ2) is 5.90. The van der Waals surface area contributed by atoms with Crippen LogP contribution in [-0.2, 0) is 9.59 Å². The van der Waals surface area contributed by atoms with Crippen LogP contribution >= 0.6 is 0 Å². The number of amides is 3. The minimum atomic E-state index is -1.01. The molecule has 0 spiro atoms. The fourth-order valence-corrected chi connectivity index (χ4v) is 1.82. The predicted molar refractivity (Wildman–Crippen MR) is 66.5 cm³/mol. The van der Waals surface area contributed by atoms with Crippen molar-refractivity contribution < 1.29 is 19.5 Å². The van der Waals surface area contributed by atoms with Gasteiger partial charge in [0.1, 0.15) is 6.04 Å². The van der Waals surface area contributed by atoms with Crippen LogP contribution in [-0.4, -0.2) is 41.6 Å². The molecule has 0 radical (unpaired) electrons. The van der Waals surface area contributed by atoms with E-state index in [1.807, 2.05) is 0 Å². The van der Waals surface area contributed by atoms with E-state index in [1.54, 1.807) is 0 Å². The molecule has 0 aliphatic heterocycles. The molecule has 106 valence electrons. The number of hydrogen-bond acceptors (Lipinski definition) is 3. The van der Waals surface area contributed by atoms with Gasteiger partial charge in [-0.05, 0) is 31.6 Å². The van der Waals surface area contributed by atoms with Crippen LogP contribution in [0.15, 0.2) is 0 Å². The Morgan fingerprint density at radius 3 is 2.37 bits per heavy atom. The molecule has 0 aromatic carbocycles. The number of aliphatic carboxylic acids is 1. The Bertz CT molecular complexity index is 377. The molecule has 7 heteroatoms. The molecule has 1 atom stereocenters. The van der Waals surface area contributed by atoms with Gasteiger partial charge in [-0.15, -0.1) is 0 Å². The van der Waals surface area contributed by atoms with Crippen molar-refractivity contribution in [3.8, 4) is 0 Å². The van der Waals surface area contributed by atoms with Crippen molar-refractivity contribution in [2.24, 2.45) is 5.92 Å². The number of carbonyl (C=O) groups is 3. The van der Waals surface area contributed by atoms with Crippen LogP contribution in [0.25, 0.3) is 0 Å². The predicted octanol–water partition coefficient (Wildman–Crippen LogP) is -0.182. The first-order chi connectivity index (χ1) is 9.06. The SMILES string of the molecule is O=C(CCNC(=O)NC(C(=O)O)C1CC1)NC1CC1. The molecular weight excluding hydrogens is 250 g/mol. The highest BCUT2D eigenvalue weighted by atomic mass is 16.4. The van der Waals surface area contributed by atoms with E-state index < -0.39 is 18.0 Å². The van der Waals surface area contributed by atoms with Gasteiger partial charge in [0, 0.05) is 19.0 Å². The summed E-state index contributed by atoms with van der Waals surface area (Å²) < 4.78 is 0. The summed E-state index contributed by atoms with van der Waals surface area (Å²) in [5.41, 5.74) is 0. The van der Waals surface area contributed by atoms with Gasteiger partial charge < -0.3 is 21.1 Å². The van der Waals surface area contributed by atoms with Gasteiger partial charge in [0.2, 0.25) is 5.91 Å². The number of rotatable bonds is 7. The third-order valence-corrected chi connectivity index (χ3v) is 3.23. The molecule has 7 nitrogen and oxygen atoms in total. The first-order valence-electron chi connectivity index (χ1n) is 6.63. The lowest BCUT2D eigenvalue weighted by atomic mass is 10.2. The average molecular weight is 269 g/mol. The van der Waals surface area contributed by atoms with Crippen LogP contribution in [0.1, 0.15) is 32.1 Å². The Morgan fingerprint density at radius 1 is 1.16 bits per heavy atom. The number of nitrogens with one attached hydrogen (secondary N) is 3. The van der Waals surface area contributed by atoms with E-state index in [2.05, 4.69) is 16.0 Å². The first-order valence-corrected chi connectivity index (χ1v) is 6.63.